The molecule has 0 saturated heterocycles. The fourth-order valence-electron chi connectivity index (χ4n) is 2.66. The zero-order chi connectivity index (χ0) is 17.8. The topological polar surface area (TPSA) is 62.1 Å². The van der Waals surface area contributed by atoms with Crippen LogP contribution in [0.5, 0.6) is 5.75 Å². The summed E-state index contributed by atoms with van der Waals surface area (Å²) < 4.78 is 0. The lowest BCUT2D eigenvalue weighted by Crippen LogP contribution is -2.23. The Labute approximate surface area is 148 Å². The van der Waals surface area contributed by atoms with Crippen molar-refractivity contribution in [2.24, 2.45) is 0 Å². The van der Waals surface area contributed by atoms with Crippen LogP contribution in [-0.4, -0.2) is 27.1 Å². The van der Waals surface area contributed by atoms with E-state index < -0.39 is 0 Å². The number of aromatic nitrogens is 3. The predicted octanol–water partition coefficient (Wildman–Crippen LogP) is 4.00. The molecule has 0 bridgehead atoms. The monoisotopic (exact) mass is 334 g/mol. The molecule has 1 N–H and O–H groups in total. The maximum Gasteiger partial charge on any atom is 0.180 e. The molecule has 0 aliphatic heterocycles. The summed E-state index contributed by atoms with van der Waals surface area (Å²) in [6.07, 6.45) is 2.57. The lowest BCUT2D eigenvalue weighted by atomic mass is 10.1. The summed E-state index contributed by atoms with van der Waals surface area (Å²) in [6.45, 7) is 4.16. The molecule has 25 heavy (non-hydrogen) atoms. The average molecular weight is 334 g/mol. The Balaban J connectivity index is 1.98. The van der Waals surface area contributed by atoms with E-state index in [1.807, 2.05) is 43.4 Å². The number of phenols is 1. The highest BCUT2D eigenvalue weighted by molar-refractivity contribution is 5.54. The molecule has 3 aromatic rings. The highest BCUT2D eigenvalue weighted by Gasteiger charge is 2.16. The van der Waals surface area contributed by atoms with E-state index in [4.69, 9.17) is 4.98 Å². The minimum absolute atomic E-state index is 0.0586. The summed E-state index contributed by atoms with van der Waals surface area (Å²) in [5.41, 5.74) is 2.76. The molecule has 2 aromatic heterocycles. The van der Waals surface area contributed by atoms with Gasteiger partial charge in [0.15, 0.2) is 5.82 Å². The lowest BCUT2D eigenvalue weighted by Gasteiger charge is -2.27. The lowest BCUT2D eigenvalue weighted by molar-refractivity contribution is 0.473. The van der Waals surface area contributed by atoms with Gasteiger partial charge in [0.2, 0.25) is 0 Å². The van der Waals surface area contributed by atoms with Crippen LogP contribution in [0.15, 0.2) is 54.7 Å². The van der Waals surface area contributed by atoms with Gasteiger partial charge in [-0.05, 0) is 43.2 Å². The molecular formula is C20H22N4O. The van der Waals surface area contributed by atoms with Gasteiger partial charge in [-0.2, -0.15) is 0 Å². The molecule has 2 heterocycles. The molecule has 0 saturated carbocycles. The molecule has 5 nitrogen and oxygen atoms in total. The molecule has 0 fully saturated rings. The molecule has 1 aromatic carbocycles. The van der Waals surface area contributed by atoms with Gasteiger partial charge < -0.3 is 10.0 Å². The number of benzene rings is 1. The normalized spacial score (nSPS) is 12.0. The highest BCUT2D eigenvalue weighted by atomic mass is 16.3. The van der Waals surface area contributed by atoms with Crippen molar-refractivity contribution in [3.63, 3.8) is 0 Å². The van der Waals surface area contributed by atoms with Crippen LogP contribution in [0.25, 0.3) is 11.5 Å². The smallest absolute Gasteiger partial charge is 0.180 e. The third-order valence-corrected chi connectivity index (χ3v) is 4.32. The molecule has 3 rings (SSSR count). The number of phenolic OH excluding ortho intramolecular Hbond substituents is 1. The summed E-state index contributed by atoms with van der Waals surface area (Å²) in [7, 11) is 2.00. The van der Waals surface area contributed by atoms with Crippen LogP contribution in [0, 0.1) is 0 Å². The van der Waals surface area contributed by atoms with E-state index >= 15 is 0 Å². The Bertz CT molecular complexity index is 851. The van der Waals surface area contributed by atoms with Gasteiger partial charge in [0.25, 0.3) is 0 Å². The van der Waals surface area contributed by atoms with Crippen molar-refractivity contribution in [2.75, 3.05) is 11.9 Å². The van der Waals surface area contributed by atoms with Gasteiger partial charge in [0.05, 0.1) is 6.04 Å². The van der Waals surface area contributed by atoms with Crippen molar-refractivity contribution in [2.45, 2.75) is 26.3 Å². The minimum Gasteiger partial charge on any atom is -0.508 e. The number of aryl methyl sites for hydroxylation is 1. The van der Waals surface area contributed by atoms with Crippen molar-refractivity contribution in [3.05, 3.63) is 66.0 Å². The number of hydrogen-bond donors (Lipinski definition) is 1. The van der Waals surface area contributed by atoms with E-state index in [0.29, 0.717) is 5.82 Å². The summed E-state index contributed by atoms with van der Waals surface area (Å²) >= 11 is 0. The van der Waals surface area contributed by atoms with Crippen LogP contribution in [0.1, 0.15) is 31.1 Å². The summed E-state index contributed by atoms with van der Waals surface area (Å²) in [5.74, 6) is 1.73. The molecule has 5 heteroatoms. The Hall–Kier alpha value is -2.95. The van der Waals surface area contributed by atoms with Gasteiger partial charge in [0.1, 0.15) is 17.3 Å². The van der Waals surface area contributed by atoms with Crippen LogP contribution in [0.2, 0.25) is 0 Å². The maximum atomic E-state index is 9.74. The molecule has 0 aliphatic carbocycles. The molecule has 1 atom stereocenters. The summed E-state index contributed by atoms with van der Waals surface area (Å²) in [5, 5.41) is 9.74. The first-order chi connectivity index (χ1) is 12.1. The highest BCUT2D eigenvalue weighted by Crippen LogP contribution is 2.27. The zero-order valence-corrected chi connectivity index (χ0v) is 14.7. The van der Waals surface area contributed by atoms with Crippen molar-refractivity contribution in [1.29, 1.82) is 0 Å². The maximum absolute atomic E-state index is 9.74. The van der Waals surface area contributed by atoms with Gasteiger partial charge >= 0.3 is 0 Å². The Morgan fingerprint density at radius 2 is 1.92 bits per heavy atom. The zero-order valence-electron chi connectivity index (χ0n) is 14.7. The van der Waals surface area contributed by atoms with Crippen molar-refractivity contribution in [3.8, 4) is 17.3 Å². The quantitative estimate of drug-likeness (QED) is 0.764. The average Bonchev–Trinajstić information content (AvgIpc) is 2.67. The second kappa shape index (κ2) is 7.30. The van der Waals surface area contributed by atoms with Crippen LogP contribution in [0.4, 0.5) is 5.82 Å². The van der Waals surface area contributed by atoms with Crippen molar-refractivity contribution >= 4 is 5.82 Å². The van der Waals surface area contributed by atoms with E-state index in [-0.39, 0.29) is 11.8 Å². The van der Waals surface area contributed by atoms with Crippen LogP contribution in [-0.2, 0) is 6.42 Å². The van der Waals surface area contributed by atoms with E-state index in [1.165, 1.54) is 0 Å². The first-order valence-electron chi connectivity index (χ1n) is 8.39. The van der Waals surface area contributed by atoms with Crippen molar-refractivity contribution in [1.82, 2.24) is 15.0 Å². The standard InChI is InChI=1S/C20H22N4O/c1-4-16-13-19(23-20(22-16)18-10-5-6-11-21-18)24(3)14(2)15-8-7-9-17(25)12-15/h5-14,25H,4H2,1-3H3/t14-/m0/s1. The summed E-state index contributed by atoms with van der Waals surface area (Å²) in [6, 6.07) is 15.1. The number of rotatable bonds is 5. The van der Waals surface area contributed by atoms with Crippen LogP contribution >= 0.6 is 0 Å². The van der Waals surface area contributed by atoms with E-state index in [2.05, 4.69) is 28.7 Å². The second-order valence-corrected chi connectivity index (χ2v) is 5.99. The second-order valence-electron chi connectivity index (χ2n) is 5.99. The number of hydrogen-bond acceptors (Lipinski definition) is 5. The van der Waals surface area contributed by atoms with E-state index in [9.17, 15) is 5.11 Å². The van der Waals surface area contributed by atoms with Crippen molar-refractivity contribution < 1.29 is 5.11 Å². The Kier molecular flexibility index (Phi) is 4.93. The fraction of sp³-hybridized carbons (Fsp3) is 0.250. The third-order valence-electron chi connectivity index (χ3n) is 4.32. The first-order valence-corrected chi connectivity index (χ1v) is 8.39. The van der Waals surface area contributed by atoms with E-state index in [1.54, 1.807) is 18.3 Å². The van der Waals surface area contributed by atoms with E-state index in [0.717, 1.165) is 29.2 Å². The molecular weight excluding hydrogens is 312 g/mol. The van der Waals surface area contributed by atoms with Gasteiger partial charge in [-0.15, -0.1) is 0 Å². The van der Waals surface area contributed by atoms with Crippen LogP contribution in [0.3, 0.4) is 0 Å². The van der Waals surface area contributed by atoms with Gasteiger partial charge in [0, 0.05) is 25.0 Å². The SMILES string of the molecule is CCc1cc(N(C)[C@@H](C)c2cccc(O)c2)nc(-c2ccccn2)n1. The predicted molar refractivity (Wildman–Crippen MR) is 99.6 cm³/mol. The third kappa shape index (κ3) is 3.76. The number of aromatic hydroxyl groups is 1. The number of anilines is 1. The van der Waals surface area contributed by atoms with Gasteiger partial charge in [-0.25, -0.2) is 9.97 Å². The molecule has 128 valence electrons. The largest absolute Gasteiger partial charge is 0.508 e. The Morgan fingerprint density at radius 1 is 1.08 bits per heavy atom. The summed E-state index contributed by atoms with van der Waals surface area (Å²) in [4.78, 5) is 15.8. The minimum atomic E-state index is 0.0586. The van der Waals surface area contributed by atoms with Crippen LogP contribution < -0.4 is 4.90 Å². The number of nitrogens with zero attached hydrogens (tertiary/aromatic N) is 4. The molecule has 0 unspecified atom stereocenters. The van der Waals surface area contributed by atoms with Gasteiger partial charge in [-0.3, -0.25) is 4.98 Å². The fourth-order valence-corrected chi connectivity index (χ4v) is 2.66. The molecule has 0 aliphatic rings. The first kappa shape index (κ1) is 16.9. The number of pyridine rings is 1. The molecule has 0 amide bonds. The Morgan fingerprint density at radius 3 is 2.60 bits per heavy atom. The molecule has 0 spiro atoms. The molecule has 0 radical (unpaired) electrons. The van der Waals surface area contributed by atoms with Gasteiger partial charge in [-0.1, -0.05) is 25.1 Å².